The number of hydrogen-bond donors (Lipinski definition) is 2. The van der Waals surface area contributed by atoms with Crippen molar-refractivity contribution in [2.75, 3.05) is 44.7 Å². The maximum atomic E-state index is 13.0. The van der Waals surface area contributed by atoms with E-state index in [2.05, 4.69) is 10.6 Å². The van der Waals surface area contributed by atoms with Crippen LogP contribution in [0.4, 0.5) is 15.3 Å². The molecule has 0 spiro atoms. The van der Waals surface area contributed by atoms with E-state index >= 15 is 0 Å². The van der Waals surface area contributed by atoms with Crippen LogP contribution in [0.25, 0.3) is 11.0 Å². The van der Waals surface area contributed by atoms with Gasteiger partial charge < -0.3 is 29.4 Å². The van der Waals surface area contributed by atoms with Crippen molar-refractivity contribution in [3.63, 3.8) is 0 Å². The van der Waals surface area contributed by atoms with Crippen LogP contribution in [0, 0.1) is 0 Å². The van der Waals surface area contributed by atoms with Crippen LogP contribution in [0.15, 0.2) is 41.3 Å². The summed E-state index contributed by atoms with van der Waals surface area (Å²) in [5.41, 5.74) is 3.13. The summed E-state index contributed by atoms with van der Waals surface area (Å²) >= 11 is 0. The number of rotatable bonds is 8. The highest BCUT2D eigenvalue weighted by atomic mass is 16.5. The van der Waals surface area contributed by atoms with E-state index in [4.69, 9.17) is 9.72 Å². The van der Waals surface area contributed by atoms with E-state index < -0.39 is 6.09 Å². The zero-order valence-electron chi connectivity index (χ0n) is 21.3. The average Bonchev–Trinajstić information content (AvgIpc) is 3.50. The second-order valence-electron chi connectivity index (χ2n) is 9.32. The minimum absolute atomic E-state index is 0.0429. The highest BCUT2D eigenvalue weighted by Crippen LogP contribution is 2.34. The maximum absolute atomic E-state index is 13.0. The Morgan fingerprint density at radius 1 is 1.13 bits per heavy atom. The molecule has 200 valence electrons. The highest BCUT2D eigenvalue weighted by molar-refractivity contribution is 5.95. The number of aromatic nitrogens is 3. The Labute approximate surface area is 219 Å². The predicted octanol–water partition coefficient (Wildman–Crippen LogP) is 1.10. The lowest BCUT2D eigenvalue weighted by molar-refractivity contribution is -0.121. The SMILES string of the molecule is COC(=O)N1CCCc2c1ccc1c2nc(CCn2ccccc2=O)n1CC(=O)NCCN1CCNC1=O. The minimum Gasteiger partial charge on any atom is -0.452 e. The molecule has 2 aliphatic heterocycles. The van der Waals surface area contributed by atoms with Gasteiger partial charge in [-0.05, 0) is 31.0 Å². The van der Waals surface area contributed by atoms with E-state index in [1.54, 1.807) is 32.7 Å². The number of pyridine rings is 1. The van der Waals surface area contributed by atoms with E-state index in [1.165, 1.54) is 13.2 Å². The van der Waals surface area contributed by atoms with E-state index in [1.807, 2.05) is 16.7 Å². The fraction of sp³-hybridized carbons (Fsp3) is 0.423. The summed E-state index contributed by atoms with van der Waals surface area (Å²) in [5.74, 6) is 0.476. The summed E-state index contributed by atoms with van der Waals surface area (Å²) in [6.07, 6.45) is 3.27. The molecule has 2 aliphatic rings. The summed E-state index contributed by atoms with van der Waals surface area (Å²) in [6, 6.07) is 8.64. The number of carbonyl (C=O) groups is 3. The number of anilines is 1. The third kappa shape index (κ3) is 5.06. The molecule has 5 rings (SSSR count). The van der Waals surface area contributed by atoms with Gasteiger partial charge in [0, 0.05) is 63.5 Å². The van der Waals surface area contributed by atoms with Gasteiger partial charge in [-0.25, -0.2) is 14.6 Å². The number of methoxy groups -OCH3 is 1. The Bertz CT molecular complexity index is 1430. The van der Waals surface area contributed by atoms with Crippen LogP contribution >= 0.6 is 0 Å². The second-order valence-corrected chi connectivity index (χ2v) is 9.32. The molecule has 1 aromatic carbocycles. The summed E-state index contributed by atoms with van der Waals surface area (Å²) in [5, 5.41) is 5.65. The lowest BCUT2D eigenvalue weighted by Crippen LogP contribution is -2.38. The van der Waals surface area contributed by atoms with Crippen LogP contribution in [0.2, 0.25) is 0 Å². The van der Waals surface area contributed by atoms with E-state index in [-0.39, 0.29) is 24.0 Å². The van der Waals surface area contributed by atoms with Gasteiger partial charge in [0.05, 0.1) is 23.8 Å². The lowest BCUT2D eigenvalue weighted by atomic mass is 10.0. The van der Waals surface area contributed by atoms with Gasteiger partial charge in [-0.3, -0.25) is 14.5 Å². The largest absolute Gasteiger partial charge is 0.452 e. The van der Waals surface area contributed by atoms with Gasteiger partial charge in [-0.15, -0.1) is 0 Å². The summed E-state index contributed by atoms with van der Waals surface area (Å²) in [7, 11) is 1.36. The fourth-order valence-corrected chi connectivity index (χ4v) is 5.11. The Morgan fingerprint density at radius 3 is 2.76 bits per heavy atom. The number of fused-ring (bicyclic) bond motifs is 3. The van der Waals surface area contributed by atoms with Crippen LogP contribution in [0.3, 0.4) is 0 Å². The Hall–Kier alpha value is -4.35. The third-order valence-electron chi connectivity index (χ3n) is 7.00. The molecule has 0 atom stereocenters. The first-order valence-electron chi connectivity index (χ1n) is 12.8. The van der Waals surface area contributed by atoms with E-state index in [0.29, 0.717) is 51.5 Å². The van der Waals surface area contributed by atoms with Gasteiger partial charge in [0.1, 0.15) is 12.4 Å². The molecular formula is C26H31N7O5. The molecule has 38 heavy (non-hydrogen) atoms. The molecule has 0 bridgehead atoms. The third-order valence-corrected chi connectivity index (χ3v) is 7.00. The zero-order chi connectivity index (χ0) is 26.6. The van der Waals surface area contributed by atoms with Crippen molar-refractivity contribution in [1.82, 2.24) is 29.7 Å². The average molecular weight is 522 g/mol. The van der Waals surface area contributed by atoms with Crippen LogP contribution < -0.4 is 21.1 Å². The molecule has 0 saturated carbocycles. The van der Waals surface area contributed by atoms with Crippen molar-refractivity contribution < 1.29 is 19.1 Å². The maximum Gasteiger partial charge on any atom is 0.414 e. The van der Waals surface area contributed by atoms with Crippen molar-refractivity contribution in [3.05, 3.63) is 58.3 Å². The number of aryl methyl sites for hydroxylation is 3. The van der Waals surface area contributed by atoms with Gasteiger partial charge >= 0.3 is 12.1 Å². The topological polar surface area (TPSA) is 131 Å². The second kappa shape index (κ2) is 11.0. The predicted molar refractivity (Wildman–Crippen MR) is 140 cm³/mol. The van der Waals surface area contributed by atoms with Gasteiger partial charge in [-0.2, -0.15) is 0 Å². The van der Waals surface area contributed by atoms with Crippen molar-refractivity contribution in [2.24, 2.45) is 0 Å². The zero-order valence-corrected chi connectivity index (χ0v) is 21.3. The number of nitrogens with zero attached hydrogens (tertiary/aromatic N) is 5. The molecule has 0 unspecified atom stereocenters. The van der Waals surface area contributed by atoms with Crippen molar-refractivity contribution in [2.45, 2.75) is 32.4 Å². The molecule has 2 N–H and O–H groups in total. The molecule has 12 heteroatoms. The van der Waals surface area contributed by atoms with Crippen LogP contribution in [0.1, 0.15) is 17.8 Å². The number of nitrogens with one attached hydrogen (secondary N) is 2. The quantitative estimate of drug-likeness (QED) is 0.457. The number of hydrogen-bond acceptors (Lipinski definition) is 6. The van der Waals surface area contributed by atoms with Gasteiger partial charge in [0.2, 0.25) is 5.91 Å². The number of carbonyl (C=O) groups excluding carboxylic acids is 3. The summed E-state index contributed by atoms with van der Waals surface area (Å²) in [4.78, 5) is 57.5. The first kappa shape index (κ1) is 25.3. The Kier molecular flexibility index (Phi) is 7.29. The molecule has 4 heterocycles. The van der Waals surface area contributed by atoms with Crippen molar-refractivity contribution >= 4 is 34.8 Å². The Balaban J connectivity index is 1.42. The standard InChI is InChI=1S/C26H31N7O5/c1-38-26(37)32-13-4-5-18-19(32)7-8-20-24(18)29-21(9-14-30-12-3-2-6-23(30)35)33(20)17-22(34)27-10-15-31-16-11-28-25(31)36/h2-3,6-8,12H,4-5,9-11,13-17H2,1H3,(H,27,34)(H,28,36). The van der Waals surface area contributed by atoms with Crippen LogP contribution in [-0.2, 0) is 35.5 Å². The molecule has 1 saturated heterocycles. The van der Waals surface area contributed by atoms with Crippen LogP contribution in [-0.4, -0.2) is 76.9 Å². The van der Waals surface area contributed by atoms with E-state index in [0.717, 1.165) is 35.1 Å². The first-order valence-corrected chi connectivity index (χ1v) is 12.8. The number of amides is 4. The minimum atomic E-state index is -0.417. The van der Waals surface area contributed by atoms with Gasteiger partial charge in [0.25, 0.3) is 5.56 Å². The van der Waals surface area contributed by atoms with Crippen molar-refractivity contribution in [1.29, 1.82) is 0 Å². The monoisotopic (exact) mass is 521 g/mol. The molecule has 1 fully saturated rings. The molecule has 2 aromatic heterocycles. The smallest absolute Gasteiger partial charge is 0.414 e. The molecule has 4 amide bonds. The van der Waals surface area contributed by atoms with Gasteiger partial charge in [0.15, 0.2) is 0 Å². The molecular weight excluding hydrogens is 490 g/mol. The number of benzene rings is 1. The van der Waals surface area contributed by atoms with E-state index in [9.17, 15) is 19.2 Å². The molecule has 0 aliphatic carbocycles. The van der Waals surface area contributed by atoms with Gasteiger partial charge in [-0.1, -0.05) is 6.07 Å². The molecule has 12 nitrogen and oxygen atoms in total. The van der Waals surface area contributed by atoms with Crippen molar-refractivity contribution in [3.8, 4) is 0 Å². The molecule has 3 aromatic rings. The number of ether oxygens (including phenoxy) is 1. The lowest BCUT2D eigenvalue weighted by Gasteiger charge is -2.28. The fourth-order valence-electron chi connectivity index (χ4n) is 5.11. The number of imidazole rings is 1. The summed E-state index contributed by atoms with van der Waals surface area (Å²) < 4.78 is 8.45. The normalized spacial score (nSPS) is 14.9. The molecule has 0 radical (unpaired) electrons. The highest BCUT2D eigenvalue weighted by Gasteiger charge is 2.27. The van der Waals surface area contributed by atoms with Crippen LogP contribution in [0.5, 0.6) is 0 Å². The number of urea groups is 1. The first-order chi connectivity index (χ1) is 18.5. The summed E-state index contributed by atoms with van der Waals surface area (Å²) in [6.45, 7) is 3.02. The Morgan fingerprint density at radius 2 is 2.00 bits per heavy atom.